The Balaban J connectivity index is 1.41. The second-order valence-corrected chi connectivity index (χ2v) is 11.1. The van der Waals surface area contributed by atoms with E-state index in [1.54, 1.807) is 0 Å². The van der Waals surface area contributed by atoms with Crippen molar-refractivity contribution >= 4 is 11.5 Å². The minimum Gasteiger partial charge on any atom is -0.390 e. The van der Waals surface area contributed by atoms with E-state index in [2.05, 4.69) is 31.2 Å². The third-order valence-corrected chi connectivity index (χ3v) is 9.74. The Morgan fingerprint density at radius 2 is 1.93 bits per heavy atom. The first-order chi connectivity index (χ1) is 13.3. The van der Waals surface area contributed by atoms with Crippen molar-refractivity contribution in [2.75, 3.05) is 13.1 Å². The highest BCUT2D eigenvalue weighted by molar-refractivity contribution is 5.87. The van der Waals surface area contributed by atoms with Gasteiger partial charge in [0.25, 0.3) is 0 Å². The largest absolute Gasteiger partial charge is 0.390 e. The molecule has 2 N–H and O–H groups in total. The summed E-state index contributed by atoms with van der Waals surface area (Å²) < 4.78 is 0. The van der Waals surface area contributed by atoms with Gasteiger partial charge in [-0.05, 0) is 62.2 Å². The molecule has 1 heterocycles. The van der Waals surface area contributed by atoms with E-state index in [9.17, 15) is 9.90 Å². The van der Waals surface area contributed by atoms with Gasteiger partial charge in [-0.2, -0.15) is 0 Å². The third kappa shape index (κ3) is 2.51. The molecule has 5 fully saturated rings. The number of nitrogens with one attached hydrogen (secondary N) is 1. The van der Waals surface area contributed by atoms with Gasteiger partial charge in [0.2, 0.25) is 0 Å². The quantitative estimate of drug-likeness (QED) is 0.712. The Kier molecular flexibility index (Phi) is 4.27. The highest BCUT2D eigenvalue weighted by Crippen LogP contribution is 2.67. The molecule has 5 aliphatic rings. The normalized spacial score (nSPS) is 52.6. The summed E-state index contributed by atoms with van der Waals surface area (Å²) in [6.45, 7) is 8.64. The van der Waals surface area contributed by atoms with Crippen molar-refractivity contribution in [3.8, 4) is 0 Å². The molecule has 0 aromatic carbocycles. The number of carbonyl (C=O) groups is 1. The molecule has 0 aromatic heterocycles. The molecule has 1 saturated heterocycles. The van der Waals surface area contributed by atoms with Gasteiger partial charge in [0, 0.05) is 36.8 Å². The van der Waals surface area contributed by atoms with Gasteiger partial charge < -0.3 is 15.3 Å². The van der Waals surface area contributed by atoms with Gasteiger partial charge in [0.15, 0.2) is 6.10 Å². The van der Waals surface area contributed by atoms with Crippen molar-refractivity contribution in [1.29, 1.82) is 0 Å². The van der Waals surface area contributed by atoms with Crippen LogP contribution in [0.1, 0.15) is 72.1 Å². The summed E-state index contributed by atoms with van der Waals surface area (Å²) >= 11 is 0. The molecule has 1 aliphatic heterocycles. The number of oxime groups is 1. The maximum absolute atomic E-state index is 12.7. The van der Waals surface area contributed by atoms with Crippen LogP contribution in [0.4, 0.5) is 0 Å². The van der Waals surface area contributed by atoms with Crippen LogP contribution in [0.2, 0.25) is 0 Å². The molecule has 0 spiro atoms. The predicted octanol–water partition coefficient (Wildman–Crippen LogP) is 3.30. The SMILES string of the molecule is C[C@@H]1C[C@@]2(O)C/C(=N/OC3CNC3)CC[C@]2(C)[C@H]2CC[C@]3(C)C(=O)CC[C@H]3[C@H]12. The maximum Gasteiger partial charge on any atom is 0.152 e. The van der Waals surface area contributed by atoms with Crippen molar-refractivity contribution in [1.82, 2.24) is 5.32 Å². The first kappa shape index (κ1) is 19.0. The number of fused-ring (bicyclic) bond motifs is 5. The molecule has 0 amide bonds. The molecular formula is C23H36N2O3. The molecule has 4 aliphatic carbocycles. The second kappa shape index (κ2) is 6.28. The van der Waals surface area contributed by atoms with Crippen LogP contribution in [0.5, 0.6) is 0 Å². The van der Waals surface area contributed by atoms with E-state index in [-0.39, 0.29) is 16.9 Å². The smallest absolute Gasteiger partial charge is 0.152 e. The Hall–Kier alpha value is -0.940. The second-order valence-electron chi connectivity index (χ2n) is 11.1. The lowest BCUT2D eigenvalue weighted by molar-refractivity contribution is -0.206. The lowest BCUT2D eigenvalue weighted by atomic mass is 9.41. The summed E-state index contributed by atoms with van der Waals surface area (Å²) in [6, 6.07) is 0. The Morgan fingerprint density at radius 3 is 2.64 bits per heavy atom. The fourth-order valence-electron chi connectivity index (χ4n) is 7.84. The molecule has 5 nitrogen and oxygen atoms in total. The van der Waals surface area contributed by atoms with Gasteiger partial charge in [0.05, 0.1) is 11.3 Å². The predicted molar refractivity (Wildman–Crippen MR) is 108 cm³/mol. The molecule has 4 saturated carbocycles. The van der Waals surface area contributed by atoms with Crippen LogP contribution in [0.15, 0.2) is 5.16 Å². The molecule has 28 heavy (non-hydrogen) atoms. The average Bonchev–Trinajstić information content (AvgIpc) is 2.90. The molecule has 5 heteroatoms. The molecule has 0 unspecified atom stereocenters. The molecule has 156 valence electrons. The zero-order valence-corrected chi connectivity index (χ0v) is 17.7. The van der Waals surface area contributed by atoms with Crippen molar-refractivity contribution in [2.45, 2.75) is 83.8 Å². The Bertz CT molecular complexity index is 704. The summed E-state index contributed by atoms with van der Waals surface area (Å²) in [7, 11) is 0. The van der Waals surface area contributed by atoms with E-state index >= 15 is 0 Å². The van der Waals surface area contributed by atoms with Gasteiger partial charge in [-0.15, -0.1) is 0 Å². The lowest BCUT2D eigenvalue weighted by Gasteiger charge is -2.64. The number of Topliss-reactive ketones (excluding diaryl/α,β-unsaturated/α-hetero) is 1. The average molecular weight is 389 g/mol. The first-order valence-corrected chi connectivity index (χ1v) is 11.4. The van der Waals surface area contributed by atoms with Gasteiger partial charge in [-0.3, -0.25) is 4.79 Å². The first-order valence-electron chi connectivity index (χ1n) is 11.4. The fraction of sp³-hybridized carbons (Fsp3) is 0.913. The van der Waals surface area contributed by atoms with E-state index in [0.717, 1.165) is 63.7 Å². The van der Waals surface area contributed by atoms with Crippen LogP contribution in [-0.4, -0.2) is 41.4 Å². The van der Waals surface area contributed by atoms with Crippen molar-refractivity contribution < 1.29 is 14.7 Å². The van der Waals surface area contributed by atoms with Crippen LogP contribution >= 0.6 is 0 Å². The Morgan fingerprint density at radius 1 is 1.14 bits per heavy atom. The van der Waals surface area contributed by atoms with Crippen LogP contribution in [-0.2, 0) is 9.63 Å². The zero-order chi connectivity index (χ0) is 19.7. The topological polar surface area (TPSA) is 70.9 Å². The van der Waals surface area contributed by atoms with E-state index in [1.807, 2.05) is 0 Å². The van der Waals surface area contributed by atoms with Crippen LogP contribution in [0, 0.1) is 34.5 Å². The minimum absolute atomic E-state index is 0.0752. The zero-order valence-electron chi connectivity index (χ0n) is 17.7. The molecule has 5 rings (SSSR count). The summed E-state index contributed by atoms with van der Waals surface area (Å²) in [5.41, 5.74) is 0.165. The molecule has 0 radical (unpaired) electrons. The van der Waals surface area contributed by atoms with Gasteiger partial charge in [0.1, 0.15) is 5.78 Å². The summed E-state index contributed by atoms with van der Waals surface area (Å²) in [6.07, 6.45) is 7.51. The van der Waals surface area contributed by atoms with Crippen LogP contribution in [0.25, 0.3) is 0 Å². The lowest BCUT2D eigenvalue weighted by Crippen LogP contribution is -2.64. The molecule has 0 aromatic rings. The number of rotatable bonds is 2. The number of aliphatic hydroxyl groups is 1. The van der Waals surface area contributed by atoms with Gasteiger partial charge in [-0.25, -0.2) is 0 Å². The highest BCUT2D eigenvalue weighted by atomic mass is 16.6. The van der Waals surface area contributed by atoms with E-state index < -0.39 is 5.60 Å². The standard InChI is InChI=1S/C23H36N2O3/c1-14-10-23(27)11-15(25-28-16-12-24-13-16)6-9-22(23,3)18-7-8-21(2)17(20(14)18)4-5-19(21)26/h14,16-18,20,24,27H,4-13H2,1-3H3/b25-15+/t14-,17+,18+,20+,21+,22-,23-/m1/s1. The van der Waals surface area contributed by atoms with Gasteiger partial charge >= 0.3 is 0 Å². The number of carbonyl (C=O) groups excluding carboxylic acids is 1. The van der Waals surface area contributed by atoms with Crippen molar-refractivity contribution in [3.05, 3.63) is 0 Å². The highest BCUT2D eigenvalue weighted by Gasteiger charge is 2.66. The minimum atomic E-state index is -0.692. The molecule has 7 atom stereocenters. The van der Waals surface area contributed by atoms with E-state index in [0.29, 0.717) is 35.9 Å². The Labute approximate surface area is 168 Å². The monoisotopic (exact) mass is 388 g/mol. The number of hydrogen-bond donors (Lipinski definition) is 2. The summed E-state index contributed by atoms with van der Waals surface area (Å²) in [5, 5.41) is 19.6. The summed E-state index contributed by atoms with van der Waals surface area (Å²) in [4.78, 5) is 18.3. The van der Waals surface area contributed by atoms with Crippen molar-refractivity contribution in [3.63, 3.8) is 0 Å². The number of nitrogens with zero attached hydrogens (tertiary/aromatic N) is 1. The van der Waals surface area contributed by atoms with E-state index in [1.165, 1.54) is 0 Å². The molecule has 0 bridgehead atoms. The van der Waals surface area contributed by atoms with Crippen LogP contribution in [0.3, 0.4) is 0 Å². The van der Waals surface area contributed by atoms with Crippen LogP contribution < -0.4 is 5.32 Å². The van der Waals surface area contributed by atoms with E-state index in [4.69, 9.17) is 4.84 Å². The van der Waals surface area contributed by atoms with Crippen molar-refractivity contribution in [2.24, 2.45) is 39.7 Å². The fourth-order valence-corrected chi connectivity index (χ4v) is 7.84. The summed E-state index contributed by atoms with van der Waals surface area (Å²) in [5.74, 6) is 2.55. The number of ketones is 1. The van der Waals surface area contributed by atoms with Gasteiger partial charge in [-0.1, -0.05) is 25.9 Å². The third-order valence-electron chi connectivity index (χ3n) is 9.74. The molecular weight excluding hydrogens is 352 g/mol. The maximum atomic E-state index is 12.7. The number of hydrogen-bond acceptors (Lipinski definition) is 5.